The number of halogens is 2. The smallest absolute Gasteiger partial charge is 0.145 e. The molecule has 0 bridgehead atoms. The summed E-state index contributed by atoms with van der Waals surface area (Å²) in [5, 5.41) is 0. The minimum absolute atomic E-state index is 0.308. The molecule has 0 amide bonds. The summed E-state index contributed by atoms with van der Waals surface area (Å²) >= 11 is 3.09. The van der Waals surface area contributed by atoms with Gasteiger partial charge in [0.2, 0.25) is 0 Å². The van der Waals surface area contributed by atoms with Gasteiger partial charge in [-0.25, -0.2) is 4.39 Å². The van der Waals surface area contributed by atoms with Gasteiger partial charge in [0.05, 0.1) is 16.1 Å². The zero-order valence-corrected chi connectivity index (χ0v) is 7.77. The standard InChI is InChI=1S/C8H7BrFNO/c9-4-1-2-6-7(8(4)10)5(11)3-12-6/h1-2,5H,3,11H2. The van der Waals surface area contributed by atoms with Crippen molar-refractivity contribution in [1.82, 2.24) is 0 Å². The van der Waals surface area contributed by atoms with E-state index in [1.165, 1.54) is 0 Å². The SMILES string of the molecule is NC1COc2ccc(Br)c(F)c21. The van der Waals surface area contributed by atoms with E-state index in [-0.39, 0.29) is 11.9 Å². The normalized spacial score (nSPS) is 20.4. The van der Waals surface area contributed by atoms with Crippen LogP contribution in [-0.4, -0.2) is 6.61 Å². The van der Waals surface area contributed by atoms with Crippen LogP contribution in [0.4, 0.5) is 4.39 Å². The molecule has 1 unspecified atom stereocenters. The molecule has 0 saturated carbocycles. The molecule has 1 aliphatic rings. The van der Waals surface area contributed by atoms with Crippen LogP contribution in [0, 0.1) is 5.82 Å². The third-order valence-corrected chi connectivity index (χ3v) is 2.49. The van der Waals surface area contributed by atoms with Crippen LogP contribution in [0.5, 0.6) is 5.75 Å². The van der Waals surface area contributed by atoms with Gasteiger partial charge in [-0.15, -0.1) is 0 Å². The van der Waals surface area contributed by atoms with Crippen molar-refractivity contribution in [3.05, 3.63) is 28.0 Å². The van der Waals surface area contributed by atoms with Gasteiger partial charge < -0.3 is 10.5 Å². The van der Waals surface area contributed by atoms with Crippen LogP contribution < -0.4 is 10.5 Å². The molecule has 12 heavy (non-hydrogen) atoms. The Morgan fingerprint density at radius 1 is 1.58 bits per heavy atom. The quantitative estimate of drug-likeness (QED) is 0.742. The Balaban J connectivity index is 2.63. The maximum Gasteiger partial charge on any atom is 0.145 e. The zero-order chi connectivity index (χ0) is 8.72. The van der Waals surface area contributed by atoms with Gasteiger partial charge >= 0.3 is 0 Å². The fourth-order valence-corrected chi connectivity index (χ4v) is 1.63. The third-order valence-electron chi connectivity index (χ3n) is 1.88. The summed E-state index contributed by atoms with van der Waals surface area (Å²) in [4.78, 5) is 0. The van der Waals surface area contributed by atoms with Crippen LogP contribution in [0.2, 0.25) is 0 Å². The number of nitrogens with two attached hydrogens (primary N) is 1. The minimum atomic E-state index is -0.336. The first kappa shape index (κ1) is 8.01. The second-order valence-electron chi connectivity index (χ2n) is 2.69. The number of hydrogen-bond acceptors (Lipinski definition) is 2. The lowest BCUT2D eigenvalue weighted by Gasteiger charge is -2.03. The number of rotatable bonds is 0. The van der Waals surface area contributed by atoms with Gasteiger partial charge in [-0.2, -0.15) is 0 Å². The van der Waals surface area contributed by atoms with Crippen LogP contribution in [0.3, 0.4) is 0 Å². The molecule has 0 spiro atoms. The van der Waals surface area contributed by atoms with Crippen molar-refractivity contribution < 1.29 is 9.13 Å². The van der Waals surface area contributed by atoms with Crippen molar-refractivity contribution in [2.45, 2.75) is 6.04 Å². The largest absolute Gasteiger partial charge is 0.491 e. The molecule has 2 rings (SSSR count). The van der Waals surface area contributed by atoms with Crippen molar-refractivity contribution in [3.8, 4) is 5.75 Å². The van der Waals surface area contributed by atoms with Gasteiger partial charge in [0.15, 0.2) is 0 Å². The van der Waals surface area contributed by atoms with E-state index in [1.807, 2.05) is 0 Å². The molecular weight excluding hydrogens is 225 g/mol. The molecule has 2 nitrogen and oxygen atoms in total. The van der Waals surface area contributed by atoms with Crippen LogP contribution >= 0.6 is 15.9 Å². The second-order valence-corrected chi connectivity index (χ2v) is 3.55. The molecule has 1 aromatic carbocycles. The molecule has 4 heteroatoms. The Morgan fingerprint density at radius 2 is 2.33 bits per heavy atom. The molecule has 0 aliphatic carbocycles. The lowest BCUT2D eigenvalue weighted by atomic mass is 10.1. The molecule has 0 saturated heterocycles. The van der Waals surface area contributed by atoms with E-state index in [4.69, 9.17) is 10.5 Å². The van der Waals surface area contributed by atoms with Crippen LogP contribution in [0.1, 0.15) is 11.6 Å². The average Bonchev–Trinajstić information content (AvgIpc) is 2.41. The molecule has 1 aromatic rings. The Labute approximate surface area is 77.6 Å². The molecule has 0 fully saturated rings. The molecule has 1 atom stereocenters. The Kier molecular flexibility index (Phi) is 1.81. The topological polar surface area (TPSA) is 35.2 Å². The summed E-state index contributed by atoms with van der Waals surface area (Å²) in [6.07, 6.45) is 0. The highest BCUT2D eigenvalue weighted by Crippen LogP contribution is 2.35. The second kappa shape index (κ2) is 2.71. The molecule has 2 N–H and O–H groups in total. The van der Waals surface area contributed by atoms with Gasteiger partial charge in [-0.3, -0.25) is 0 Å². The summed E-state index contributed by atoms with van der Waals surface area (Å²) in [5.41, 5.74) is 6.11. The fraction of sp³-hybridized carbons (Fsp3) is 0.250. The Hall–Kier alpha value is -0.610. The van der Waals surface area contributed by atoms with E-state index in [1.54, 1.807) is 12.1 Å². The van der Waals surface area contributed by atoms with E-state index in [0.717, 1.165) is 0 Å². The Bertz CT molecular complexity index is 329. The molecule has 64 valence electrons. The van der Waals surface area contributed by atoms with Crippen molar-refractivity contribution in [3.63, 3.8) is 0 Å². The predicted molar refractivity (Wildman–Crippen MR) is 46.5 cm³/mol. The summed E-state index contributed by atoms with van der Waals surface area (Å²) in [6, 6.07) is 3.00. The summed E-state index contributed by atoms with van der Waals surface area (Å²) in [6.45, 7) is 0.364. The first-order chi connectivity index (χ1) is 5.70. The summed E-state index contributed by atoms with van der Waals surface area (Å²) < 4.78 is 18.9. The number of ether oxygens (including phenoxy) is 1. The predicted octanol–water partition coefficient (Wildman–Crippen LogP) is 1.98. The van der Waals surface area contributed by atoms with Crippen LogP contribution in [0.15, 0.2) is 16.6 Å². The van der Waals surface area contributed by atoms with Gasteiger partial charge in [-0.1, -0.05) is 0 Å². The van der Waals surface area contributed by atoms with E-state index in [2.05, 4.69) is 15.9 Å². The summed E-state index contributed by atoms with van der Waals surface area (Å²) in [5.74, 6) is 0.251. The van der Waals surface area contributed by atoms with Crippen molar-refractivity contribution in [2.24, 2.45) is 5.73 Å². The van der Waals surface area contributed by atoms with Crippen LogP contribution in [-0.2, 0) is 0 Å². The first-order valence-electron chi connectivity index (χ1n) is 3.56. The minimum Gasteiger partial charge on any atom is -0.491 e. The average molecular weight is 232 g/mol. The number of fused-ring (bicyclic) bond motifs is 1. The number of benzene rings is 1. The molecular formula is C8H7BrFNO. The maximum absolute atomic E-state index is 13.3. The van der Waals surface area contributed by atoms with E-state index >= 15 is 0 Å². The molecule has 1 aliphatic heterocycles. The van der Waals surface area contributed by atoms with E-state index in [0.29, 0.717) is 22.4 Å². The van der Waals surface area contributed by atoms with Crippen LogP contribution in [0.25, 0.3) is 0 Å². The lowest BCUT2D eigenvalue weighted by molar-refractivity contribution is 0.333. The monoisotopic (exact) mass is 231 g/mol. The Morgan fingerprint density at radius 3 is 3.08 bits per heavy atom. The van der Waals surface area contributed by atoms with E-state index < -0.39 is 0 Å². The van der Waals surface area contributed by atoms with Gasteiger partial charge in [0.1, 0.15) is 18.2 Å². The van der Waals surface area contributed by atoms with Crippen molar-refractivity contribution in [2.75, 3.05) is 6.61 Å². The van der Waals surface area contributed by atoms with Crippen molar-refractivity contribution in [1.29, 1.82) is 0 Å². The molecule has 1 heterocycles. The van der Waals surface area contributed by atoms with Gasteiger partial charge in [0, 0.05) is 0 Å². The molecule has 0 aromatic heterocycles. The first-order valence-corrected chi connectivity index (χ1v) is 4.35. The highest BCUT2D eigenvalue weighted by Gasteiger charge is 2.25. The maximum atomic E-state index is 13.3. The van der Waals surface area contributed by atoms with E-state index in [9.17, 15) is 4.39 Å². The zero-order valence-electron chi connectivity index (χ0n) is 6.18. The van der Waals surface area contributed by atoms with Gasteiger partial charge in [-0.05, 0) is 28.1 Å². The summed E-state index contributed by atoms with van der Waals surface area (Å²) in [7, 11) is 0. The van der Waals surface area contributed by atoms with Gasteiger partial charge in [0.25, 0.3) is 0 Å². The highest BCUT2D eigenvalue weighted by atomic mass is 79.9. The highest BCUT2D eigenvalue weighted by molar-refractivity contribution is 9.10. The lowest BCUT2D eigenvalue weighted by Crippen LogP contribution is -2.12. The fourth-order valence-electron chi connectivity index (χ4n) is 1.28. The van der Waals surface area contributed by atoms with Crippen molar-refractivity contribution >= 4 is 15.9 Å². The number of hydrogen-bond donors (Lipinski definition) is 1. The molecule has 0 radical (unpaired) electrons. The third kappa shape index (κ3) is 1.03.